The van der Waals surface area contributed by atoms with Gasteiger partial charge in [0.15, 0.2) is 23.0 Å². The number of hydrogen-bond donors (Lipinski definition) is 0. The highest BCUT2D eigenvalue weighted by molar-refractivity contribution is 5.52. The van der Waals surface area contributed by atoms with Crippen LogP contribution in [0.25, 0.3) is 0 Å². The molecule has 0 fully saturated rings. The Morgan fingerprint density at radius 3 is 2.47 bits per heavy atom. The normalized spacial score (nSPS) is 17.2. The maximum atomic E-state index is 6.16. The minimum Gasteiger partial charge on any atom is -0.493 e. The Labute approximate surface area is 189 Å². The zero-order valence-corrected chi connectivity index (χ0v) is 18.9. The second kappa shape index (κ2) is 8.75. The topological polar surface area (TPSA) is 40.2 Å². The van der Waals surface area contributed by atoms with Gasteiger partial charge in [-0.05, 0) is 72.0 Å². The highest BCUT2D eigenvalue weighted by atomic mass is 16.7. The lowest BCUT2D eigenvalue weighted by atomic mass is 9.87. The number of aryl methyl sites for hydroxylation is 1. The van der Waals surface area contributed by atoms with E-state index in [0.717, 1.165) is 48.1 Å². The first-order valence-electron chi connectivity index (χ1n) is 11.2. The van der Waals surface area contributed by atoms with E-state index < -0.39 is 0 Å². The van der Waals surface area contributed by atoms with Gasteiger partial charge in [-0.3, -0.25) is 4.90 Å². The van der Waals surface area contributed by atoms with Gasteiger partial charge >= 0.3 is 0 Å². The summed E-state index contributed by atoms with van der Waals surface area (Å²) >= 11 is 0. The van der Waals surface area contributed by atoms with Crippen LogP contribution in [-0.2, 0) is 19.6 Å². The van der Waals surface area contributed by atoms with Gasteiger partial charge in [0.25, 0.3) is 0 Å². The standard InChI is InChI=1S/C27H29NO4/c1-4-28-15-21-13-26(30-16-19-8-6-5-7-9-19)24(29-3)12-20(21)11-23(28)22-14-27-25(10-18(22)2)31-17-32-27/h5-10,12-14,23H,4,11,15-17H2,1-3H3. The van der Waals surface area contributed by atoms with Gasteiger partial charge in [-0.1, -0.05) is 37.3 Å². The molecule has 0 amide bonds. The van der Waals surface area contributed by atoms with E-state index in [1.54, 1.807) is 7.11 Å². The average Bonchev–Trinajstić information content (AvgIpc) is 3.28. The molecule has 0 spiro atoms. The predicted molar refractivity (Wildman–Crippen MR) is 124 cm³/mol. The van der Waals surface area contributed by atoms with Crippen molar-refractivity contribution in [2.75, 3.05) is 20.4 Å². The summed E-state index contributed by atoms with van der Waals surface area (Å²) in [5, 5.41) is 0. The van der Waals surface area contributed by atoms with Crippen LogP contribution in [0.1, 0.15) is 40.8 Å². The summed E-state index contributed by atoms with van der Waals surface area (Å²) in [6, 6.07) is 19.1. The summed E-state index contributed by atoms with van der Waals surface area (Å²) in [6.07, 6.45) is 0.916. The van der Waals surface area contributed by atoms with E-state index in [4.69, 9.17) is 18.9 Å². The second-order valence-electron chi connectivity index (χ2n) is 8.39. The van der Waals surface area contributed by atoms with Crippen molar-refractivity contribution >= 4 is 0 Å². The highest BCUT2D eigenvalue weighted by Gasteiger charge is 2.30. The zero-order valence-electron chi connectivity index (χ0n) is 18.9. The summed E-state index contributed by atoms with van der Waals surface area (Å²) in [7, 11) is 1.71. The van der Waals surface area contributed by atoms with E-state index in [0.29, 0.717) is 13.4 Å². The average molecular weight is 432 g/mol. The van der Waals surface area contributed by atoms with E-state index in [1.165, 1.54) is 22.3 Å². The van der Waals surface area contributed by atoms with Crippen molar-refractivity contribution in [1.29, 1.82) is 0 Å². The fourth-order valence-electron chi connectivity index (χ4n) is 4.71. The summed E-state index contributed by atoms with van der Waals surface area (Å²) < 4.78 is 23.1. The molecule has 2 aliphatic rings. The molecule has 0 bridgehead atoms. The maximum Gasteiger partial charge on any atom is 0.231 e. The van der Waals surface area contributed by atoms with Crippen LogP contribution in [0, 0.1) is 6.92 Å². The predicted octanol–water partition coefficient (Wildman–Crippen LogP) is 5.43. The number of nitrogens with zero attached hydrogens (tertiary/aromatic N) is 1. The van der Waals surface area contributed by atoms with Crippen LogP contribution in [0.5, 0.6) is 23.0 Å². The molecule has 0 radical (unpaired) electrons. The van der Waals surface area contributed by atoms with Gasteiger partial charge in [-0.25, -0.2) is 0 Å². The summed E-state index contributed by atoms with van der Waals surface area (Å²) in [5.74, 6) is 3.26. The van der Waals surface area contributed by atoms with E-state index in [9.17, 15) is 0 Å². The van der Waals surface area contributed by atoms with Gasteiger partial charge in [0.2, 0.25) is 6.79 Å². The molecule has 0 saturated heterocycles. The molecule has 2 aliphatic heterocycles. The second-order valence-corrected chi connectivity index (χ2v) is 8.39. The lowest BCUT2D eigenvalue weighted by Gasteiger charge is -2.37. The number of likely N-dealkylation sites (N-methyl/N-ethyl adjacent to an activating group) is 1. The van der Waals surface area contributed by atoms with Crippen molar-refractivity contribution < 1.29 is 18.9 Å². The third kappa shape index (κ3) is 3.89. The van der Waals surface area contributed by atoms with Crippen LogP contribution in [-0.4, -0.2) is 25.3 Å². The van der Waals surface area contributed by atoms with Gasteiger partial charge < -0.3 is 18.9 Å². The number of ether oxygens (including phenoxy) is 4. The molecule has 1 atom stereocenters. The molecule has 32 heavy (non-hydrogen) atoms. The Balaban J connectivity index is 1.44. The molecule has 1 unspecified atom stereocenters. The number of fused-ring (bicyclic) bond motifs is 2. The molecule has 3 aromatic rings. The molecule has 5 rings (SSSR count). The minimum atomic E-state index is 0.280. The fraction of sp³-hybridized carbons (Fsp3) is 0.333. The molecule has 5 nitrogen and oxygen atoms in total. The molecular formula is C27H29NO4. The monoisotopic (exact) mass is 431 g/mol. The number of methoxy groups -OCH3 is 1. The minimum absolute atomic E-state index is 0.280. The lowest BCUT2D eigenvalue weighted by molar-refractivity contribution is 0.172. The first-order chi connectivity index (χ1) is 15.7. The summed E-state index contributed by atoms with van der Waals surface area (Å²) in [6.45, 7) is 7.03. The molecular weight excluding hydrogens is 402 g/mol. The van der Waals surface area contributed by atoms with Gasteiger partial charge in [-0.2, -0.15) is 0 Å². The molecule has 166 valence electrons. The summed E-state index contributed by atoms with van der Waals surface area (Å²) in [4.78, 5) is 2.51. The maximum absolute atomic E-state index is 6.16. The van der Waals surface area contributed by atoms with Crippen molar-refractivity contribution in [1.82, 2.24) is 4.90 Å². The van der Waals surface area contributed by atoms with Crippen LogP contribution in [0.2, 0.25) is 0 Å². The Kier molecular flexibility index (Phi) is 5.66. The van der Waals surface area contributed by atoms with Gasteiger partial charge in [0, 0.05) is 12.6 Å². The summed E-state index contributed by atoms with van der Waals surface area (Å²) in [5.41, 5.74) is 6.27. The van der Waals surface area contributed by atoms with Crippen molar-refractivity contribution in [3.05, 3.63) is 82.4 Å². The van der Waals surface area contributed by atoms with E-state index in [-0.39, 0.29) is 6.04 Å². The third-order valence-electron chi connectivity index (χ3n) is 6.48. The van der Waals surface area contributed by atoms with Gasteiger partial charge in [0.05, 0.1) is 7.11 Å². The highest BCUT2D eigenvalue weighted by Crippen LogP contribution is 2.43. The first kappa shape index (κ1) is 20.7. The molecule has 0 saturated carbocycles. The molecule has 0 aromatic heterocycles. The number of rotatable bonds is 6. The molecule has 2 heterocycles. The van der Waals surface area contributed by atoms with E-state index in [1.807, 2.05) is 18.2 Å². The van der Waals surface area contributed by atoms with Crippen molar-refractivity contribution in [3.63, 3.8) is 0 Å². The molecule has 3 aromatic carbocycles. The Bertz CT molecular complexity index is 1110. The van der Waals surface area contributed by atoms with Crippen LogP contribution < -0.4 is 18.9 Å². The molecule has 5 heteroatoms. The van der Waals surface area contributed by atoms with Crippen LogP contribution in [0.15, 0.2) is 54.6 Å². The molecule has 0 aliphatic carbocycles. The smallest absolute Gasteiger partial charge is 0.231 e. The fourth-order valence-corrected chi connectivity index (χ4v) is 4.71. The van der Waals surface area contributed by atoms with E-state index in [2.05, 4.69) is 55.1 Å². The van der Waals surface area contributed by atoms with E-state index >= 15 is 0 Å². The van der Waals surface area contributed by atoms with Crippen LogP contribution in [0.4, 0.5) is 0 Å². The number of hydrogen-bond acceptors (Lipinski definition) is 5. The van der Waals surface area contributed by atoms with Crippen molar-refractivity contribution in [3.8, 4) is 23.0 Å². The Hall–Kier alpha value is -3.18. The third-order valence-corrected chi connectivity index (χ3v) is 6.48. The lowest BCUT2D eigenvalue weighted by Crippen LogP contribution is -2.34. The van der Waals surface area contributed by atoms with Crippen molar-refractivity contribution in [2.45, 2.75) is 39.5 Å². The molecule has 0 N–H and O–H groups in total. The SMILES string of the molecule is CCN1Cc2cc(OCc3ccccc3)c(OC)cc2CC1c1cc2c(cc1C)OCO2. The Morgan fingerprint density at radius 2 is 1.72 bits per heavy atom. The zero-order chi connectivity index (χ0) is 22.1. The number of benzene rings is 3. The van der Waals surface area contributed by atoms with Gasteiger partial charge in [-0.15, -0.1) is 0 Å². The Morgan fingerprint density at radius 1 is 0.969 bits per heavy atom. The largest absolute Gasteiger partial charge is 0.493 e. The first-order valence-corrected chi connectivity index (χ1v) is 11.2. The quantitative estimate of drug-likeness (QED) is 0.520. The van der Waals surface area contributed by atoms with Crippen molar-refractivity contribution in [2.24, 2.45) is 0 Å². The van der Waals surface area contributed by atoms with Gasteiger partial charge in [0.1, 0.15) is 6.61 Å². The van der Waals surface area contributed by atoms with Crippen LogP contribution >= 0.6 is 0 Å². The van der Waals surface area contributed by atoms with Crippen LogP contribution in [0.3, 0.4) is 0 Å².